The van der Waals surface area contributed by atoms with Crippen LogP contribution in [0.2, 0.25) is 0 Å². The van der Waals surface area contributed by atoms with Gasteiger partial charge in [-0.1, -0.05) is 48.5 Å². The zero-order valence-corrected chi connectivity index (χ0v) is 20.0. The summed E-state index contributed by atoms with van der Waals surface area (Å²) in [5.41, 5.74) is 6.74. The molecule has 0 unspecified atom stereocenters. The molecule has 10 nitrogen and oxygen atoms in total. The van der Waals surface area contributed by atoms with E-state index in [1.807, 2.05) is 66.7 Å². The SMILES string of the molecule is COc1cc(C#N)ccc1OCCCC(=O)NNC(=O)c1nc(-c2ccccc2)n(-c2ccccc2)n1. The first kappa shape index (κ1) is 24.9. The van der Waals surface area contributed by atoms with Crippen LogP contribution in [0.25, 0.3) is 17.1 Å². The van der Waals surface area contributed by atoms with Gasteiger partial charge in [0, 0.05) is 18.1 Å². The lowest BCUT2D eigenvalue weighted by atomic mass is 10.2. The van der Waals surface area contributed by atoms with Crippen molar-refractivity contribution in [3.8, 4) is 34.6 Å². The summed E-state index contributed by atoms with van der Waals surface area (Å²) >= 11 is 0. The Labute approximate surface area is 213 Å². The second-order valence-corrected chi connectivity index (χ2v) is 7.80. The number of nitriles is 1. The van der Waals surface area contributed by atoms with Crippen LogP contribution in [0, 0.1) is 11.3 Å². The number of aromatic nitrogens is 3. The summed E-state index contributed by atoms with van der Waals surface area (Å²) in [6.45, 7) is 0.243. The number of benzene rings is 3. The minimum atomic E-state index is -0.640. The number of para-hydroxylation sites is 1. The summed E-state index contributed by atoms with van der Waals surface area (Å²) < 4.78 is 12.5. The third-order valence-electron chi connectivity index (χ3n) is 5.26. The lowest BCUT2D eigenvalue weighted by molar-refractivity contribution is -0.122. The normalized spacial score (nSPS) is 10.3. The lowest BCUT2D eigenvalue weighted by Gasteiger charge is -2.11. The van der Waals surface area contributed by atoms with Gasteiger partial charge in [0.15, 0.2) is 17.3 Å². The minimum absolute atomic E-state index is 0.0840. The molecule has 2 N–H and O–H groups in total. The molecule has 37 heavy (non-hydrogen) atoms. The maximum Gasteiger partial charge on any atom is 0.309 e. The van der Waals surface area contributed by atoms with E-state index >= 15 is 0 Å². The average molecular weight is 497 g/mol. The van der Waals surface area contributed by atoms with E-state index < -0.39 is 11.8 Å². The van der Waals surface area contributed by atoms with Crippen molar-refractivity contribution in [2.75, 3.05) is 13.7 Å². The molecule has 0 saturated heterocycles. The number of nitrogens with one attached hydrogen (secondary N) is 2. The van der Waals surface area contributed by atoms with Crippen LogP contribution in [0.3, 0.4) is 0 Å². The highest BCUT2D eigenvalue weighted by Gasteiger charge is 2.19. The Kier molecular flexibility index (Phi) is 8.08. The zero-order chi connectivity index (χ0) is 26.0. The number of hydrogen-bond donors (Lipinski definition) is 2. The molecule has 0 atom stereocenters. The average Bonchev–Trinajstić information content (AvgIpc) is 3.41. The highest BCUT2D eigenvalue weighted by molar-refractivity contribution is 5.92. The Morgan fingerprint density at radius 2 is 1.70 bits per heavy atom. The van der Waals surface area contributed by atoms with Gasteiger partial charge < -0.3 is 9.47 Å². The van der Waals surface area contributed by atoms with E-state index in [2.05, 4.69) is 20.9 Å². The number of ether oxygens (including phenoxy) is 2. The molecule has 0 fully saturated rings. The molecule has 0 saturated carbocycles. The summed E-state index contributed by atoms with van der Waals surface area (Å²) in [5.74, 6) is 0.295. The molecule has 1 aromatic heterocycles. The van der Waals surface area contributed by atoms with Gasteiger partial charge in [0.1, 0.15) is 0 Å². The summed E-state index contributed by atoms with van der Waals surface area (Å²) in [5, 5.41) is 13.3. The summed E-state index contributed by atoms with van der Waals surface area (Å²) in [6.07, 6.45) is 0.504. The Balaban J connectivity index is 1.32. The van der Waals surface area contributed by atoms with Crippen LogP contribution < -0.4 is 20.3 Å². The summed E-state index contributed by atoms with van der Waals surface area (Å²) in [7, 11) is 1.49. The molecule has 0 aliphatic rings. The molecule has 4 rings (SSSR count). The van der Waals surface area contributed by atoms with Gasteiger partial charge in [-0.25, -0.2) is 9.67 Å². The smallest absolute Gasteiger partial charge is 0.309 e. The quantitative estimate of drug-likeness (QED) is 0.268. The van der Waals surface area contributed by atoms with E-state index in [9.17, 15) is 9.59 Å². The van der Waals surface area contributed by atoms with Crippen molar-refractivity contribution in [2.45, 2.75) is 12.8 Å². The highest BCUT2D eigenvalue weighted by Crippen LogP contribution is 2.28. The number of hydrazine groups is 1. The maximum absolute atomic E-state index is 12.7. The predicted octanol–water partition coefficient (Wildman–Crippen LogP) is 3.43. The first-order valence-electron chi connectivity index (χ1n) is 11.5. The third-order valence-corrected chi connectivity index (χ3v) is 5.26. The maximum atomic E-state index is 12.7. The van der Waals surface area contributed by atoms with Crippen molar-refractivity contribution >= 4 is 11.8 Å². The molecule has 0 radical (unpaired) electrons. The van der Waals surface area contributed by atoms with Crippen molar-refractivity contribution < 1.29 is 19.1 Å². The molecule has 186 valence electrons. The number of nitrogens with zero attached hydrogens (tertiary/aromatic N) is 4. The van der Waals surface area contributed by atoms with Crippen molar-refractivity contribution in [3.63, 3.8) is 0 Å². The van der Waals surface area contributed by atoms with Gasteiger partial charge in [-0.15, -0.1) is 5.10 Å². The van der Waals surface area contributed by atoms with Crippen molar-refractivity contribution in [3.05, 3.63) is 90.3 Å². The van der Waals surface area contributed by atoms with Gasteiger partial charge in [0.05, 0.1) is 31.0 Å². The van der Waals surface area contributed by atoms with Crippen LogP contribution in [0.5, 0.6) is 11.5 Å². The van der Waals surface area contributed by atoms with Crippen LogP contribution in [0.1, 0.15) is 29.0 Å². The summed E-state index contributed by atoms with van der Waals surface area (Å²) in [6, 6.07) is 25.6. The van der Waals surface area contributed by atoms with Gasteiger partial charge in [-0.3, -0.25) is 20.4 Å². The Hall–Kier alpha value is -5.17. The Morgan fingerprint density at radius 3 is 2.41 bits per heavy atom. The van der Waals surface area contributed by atoms with Gasteiger partial charge in [0.2, 0.25) is 11.7 Å². The van der Waals surface area contributed by atoms with Crippen molar-refractivity contribution in [1.29, 1.82) is 5.26 Å². The topological polar surface area (TPSA) is 131 Å². The van der Waals surface area contributed by atoms with Gasteiger partial charge in [-0.05, 0) is 30.7 Å². The molecular weight excluding hydrogens is 472 g/mol. The van der Waals surface area contributed by atoms with E-state index in [1.54, 1.807) is 22.9 Å². The standard InChI is InChI=1S/C27H24N6O4/c1-36-23-17-19(18-28)14-15-22(23)37-16-8-13-24(34)30-31-27(35)25-29-26(20-9-4-2-5-10-20)33(32-25)21-11-6-3-7-12-21/h2-7,9-12,14-15,17H,8,13,16H2,1H3,(H,30,34)(H,31,35). The Morgan fingerprint density at radius 1 is 0.973 bits per heavy atom. The number of carbonyl (C=O) groups excluding carboxylic acids is 2. The van der Waals surface area contributed by atoms with Crippen LogP contribution in [-0.2, 0) is 4.79 Å². The highest BCUT2D eigenvalue weighted by atomic mass is 16.5. The van der Waals surface area contributed by atoms with Gasteiger partial charge in [0.25, 0.3) is 0 Å². The van der Waals surface area contributed by atoms with E-state index in [0.717, 1.165) is 11.3 Å². The molecule has 2 amide bonds. The number of amides is 2. The van der Waals surface area contributed by atoms with Gasteiger partial charge >= 0.3 is 5.91 Å². The molecule has 0 spiro atoms. The second-order valence-electron chi connectivity index (χ2n) is 7.80. The van der Waals surface area contributed by atoms with Crippen LogP contribution >= 0.6 is 0 Å². The van der Waals surface area contributed by atoms with Crippen molar-refractivity contribution in [2.24, 2.45) is 0 Å². The Bertz CT molecular complexity index is 1360. The van der Waals surface area contributed by atoms with E-state index in [1.165, 1.54) is 7.11 Å². The van der Waals surface area contributed by atoms with E-state index in [0.29, 0.717) is 29.3 Å². The van der Waals surface area contributed by atoms with Crippen LogP contribution in [0.4, 0.5) is 0 Å². The number of methoxy groups -OCH3 is 1. The fourth-order valence-electron chi connectivity index (χ4n) is 3.45. The first-order chi connectivity index (χ1) is 18.1. The number of hydrogen-bond acceptors (Lipinski definition) is 7. The molecule has 0 aliphatic carbocycles. The van der Waals surface area contributed by atoms with E-state index in [-0.39, 0.29) is 18.9 Å². The molecule has 0 bridgehead atoms. The molecule has 3 aromatic carbocycles. The predicted molar refractivity (Wildman–Crippen MR) is 135 cm³/mol. The first-order valence-corrected chi connectivity index (χ1v) is 11.5. The summed E-state index contributed by atoms with van der Waals surface area (Å²) in [4.78, 5) is 29.3. The fourth-order valence-corrected chi connectivity index (χ4v) is 3.45. The van der Waals surface area contributed by atoms with Crippen LogP contribution in [0.15, 0.2) is 78.9 Å². The molecule has 4 aromatic rings. The minimum Gasteiger partial charge on any atom is -0.493 e. The lowest BCUT2D eigenvalue weighted by Crippen LogP contribution is -2.42. The van der Waals surface area contributed by atoms with E-state index in [4.69, 9.17) is 14.7 Å². The molecule has 1 heterocycles. The monoisotopic (exact) mass is 496 g/mol. The van der Waals surface area contributed by atoms with Gasteiger partial charge in [-0.2, -0.15) is 5.26 Å². The third kappa shape index (κ3) is 6.29. The second kappa shape index (κ2) is 12.0. The molecule has 0 aliphatic heterocycles. The van der Waals surface area contributed by atoms with Crippen LogP contribution in [-0.4, -0.2) is 40.3 Å². The number of carbonyl (C=O) groups is 2. The zero-order valence-electron chi connectivity index (χ0n) is 20.0. The largest absolute Gasteiger partial charge is 0.493 e. The fraction of sp³-hybridized carbons (Fsp3) is 0.148. The molecular formula is C27H24N6O4. The van der Waals surface area contributed by atoms with Crippen molar-refractivity contribution in [1.82, 2.24) is 25.6 Å². The number of rotatable bonds is 9. The molecule has 10 heteroatoms.